The van der Waals surface area contributed by atoms with Crippen molar-refractivity contribution in [3.63, 3.8) is 0 Å². The first-order chi connectivity index (χ1) is 14.3. The summed E-state index contributed by atoms with van der Waals surface area (Å²) >= 11 is 0. The lowest BCUT2D eigenvalue weighted by Gasteiger charge is -2.61. The highest BCUT2D eigenvalue weighted by molar-refractivity contribution is 5.14. The zero-order valence-corrected chi connectivity index (χ0v) is 19.7. The molecule has 1 spiro atoms. The zero-order chi connectivity index (χ0) is 20.9. The molecule has 3 nitrogen and oxygen atoms in total. The van der Waals surface area contributed by atoms with Crippen LogP contribution in [0.2, 0.25) is 0 Å². The Morgan fingerprint density at radius 3 is 2.43 bits per heavy atom. The maximum Gasteiger partial charge on any atom is 0.171 e. The molecule has 4 aliphatic carbocycles. The third kappa shape index (κ3) is 2.67. The van der Waals surface area contributed by atoms with Crippen LogP contribution in [0.15, 0.2) is 0 Å². The molecule has 0 amide bonds. The van der Waals surface area contributed by atoms with Gasteiger partial charge < -0.3 is 14.6 Å². The van der Waals surface area contributed by atoms with Crippen LogP contribution >= 0.6 is 0 Å². The number of hydrogen-bond acceptors (Lipinski definition) is 3. The summed E-state index contributed by atoms with van der Waals surface area (Å²) in [5.74, 6) is 4.95. The standard InChI is InChI=1S/C27H44O3/c1-16-11-17(2)27(29-15-16)14-23-24(30-27)13-22-20-6-5-18-12-19(28)7-9-25(18,3)21(20)8-10-26(22,23)4/h16-24,28H,5-15H2,1-4H3/t16-,17-,18+,19-,20+,21+,22-,23+,24+,25-,26-,27-/m0/s1. The largest absolute Gasteiger partial charge is 0.393 e. The molecule has 0 unspecified atom stereocenters. The summed E-state index contributed by atoms with van der Waals surface area (Å²) in [6, 6.07) is 0. The van der Waals surface area contributed by atoms with Crippen LogP contribution in [-0.2, 0) is 9.47 Å². The normalized spacial score (nSPS) is 62.5. The Morgan fingerprint density at radius 1 is 0.833 bits per heavy atom. The summed E-state index contributed by atoms with van der Waals surface area (Å²) in [5, 5.41) is 10.3. The third-order valence-corrected chi connectivity index (χ3v) is 11.8. The predicted octanol–water partition coefficient (Wildman–Crippen LogP) is 5.79. The molecule has 2 saturated heterocycles. The van der Waals surface area contributed by atoms with E-state index in [-0.39, 0.29) is 11.9 Å². The first kappa shape index (κ1) is 20.5. The molecule has 30 heavy (non-hydrogen) atoms. The Labute approximate surface area is 183 Å². The number of rotatable bonds is 0. The van der Waals surface area contributed by atoms with Crippen LogP contribution in [0.4, 0.5) is 0 Å². The molecule has 2 heterocycles. The van der Waals surface area contributed by atoms with E-state index in [0.29, 0.717) is 34.7 Å². The van der Waals surface area contributed by atoms with E-state index in [2.05, 4.69) is 27.7 Å². The molecule has 3 heteroatoms. The van der Waals surface area contributed by atoms with Gasteiger partial charge in [-0.05, 0) is 104 Å². The van der Waals surface area contributed by atoms with Crippen LogP contribution in [0.5, 0.6) is 0 Å². The van der Waals surface area contributed by atoms with Crippen molar-refractivity contribution >= 4 is 0 Å². The average molecular weight is 417 g/mol. The fourth-order valence-electron chi connectivity index (χ4n) is 10.1. The SMILES string of the molecule is C[C@@H]1CO[C@]2(C[C@@H]3[C@@H](C[C@H]4[C@@H]5CC[C@@H]6C[C@@H](O)CC[C@]6(C)[C@@H]5CC[C@]34C)O2)[C@@H](C)C1. The Hall–Kier alpha value is -0.120. The summed E-state index contributed by atoms with van der Waals surface area (Å²) in [7, 11) is 0. The number of ether oxygens (including phenoxy) is 2. The summed E-state index contributed by atoms with van der Waals surface area (Å²) in [4.78, 5) is 0. The Kier molecular flexibility index (Phi) is 4.58. The van der Waals surface area contributed by atoms with Crippen molar-refractivity contribution in [2.24, 2.45) is 52.3 Å². The van der Waals surface area contributed by atoms with Gasteiger partial charge in [-0.15, -0.1) is 0 Å². The maximum absolute atomic E-state index is 10.3. The Bertz CT molecular complexity index is 694. The molecular weight excluding hydrogens is 372 g/mol. The van der Waals surface area contributed by atoms with E-state index >= 15 is 0 Å². The second-order valence-electron chi connectivity index (χ2n) is 13.2. The van der Waals surface area contributed by atoms with Crippen molar-refractivity contribution in [3.05, 3.63) is 0 Å². The maximum atomic E-state index is 10.3. The highest BCUT2D eigenvalue weighted by atomic mass is 16.7. The number of aliphatic hydroxyl groups excluding tert-OH is 1. The lowest BCUT2D eigenvalue weighted by atomic mass is 9.44. The molecule has 1 N–H and O–H groups in total. The molecule has 2 aliphatic heterocycles. The number of hydrogen-bond donors (Lipinski definition) is 1. The molecular formula is C27H44O3. The smallest absolute Gasteiger partial charge is 0.171 e. The summed E-state index contributed by atoms with van der Waals surface area (Å²) < 4.78 is 13.4. The Morgan fingerprint density at radius 2 is 1.63 bits per heavy atom. The van der Waals surface area contributed by atoms with Crippen molar-refractivity contribution in [2.45, 2.75) is 110 Å². The van der Waals surface area contributed by atoms with Crippen LogP contribution in [-0.4, -0.2) is 29.7 Å². The average Bonchev–Trinajstić information content (AvgIpc) is 3.20. The molecule has 4 saturated carbocycles. The summed E-state index contributed by atoms with van der Waals surface area (Å²) in [6.07, 6.45) is 12.9. The van der Waals surface area contributed by atoms with E-state index in [1.54, 1.807) is 0 Å². The minimum absolute atomic E-state index is 0.0379. The number of aliphatic hydroxyl groups is 1. The minimum atomic E-state index is -0.282. The summed E-state index contributed by atoms with van der Waals surface area (Å²) in [6.45, 7) is 10.8. The zero-order valence-electron chi connectivity index (χ0n) is 19.7. The molecule has 12 atom stereocenters. The first-order valence-corrected chi connectivity index (χ1v) is 13.2. The van der Waals surface area contributed by atoms with Gasteiger partial charge in [0, 0.05) is 12.3 Å². The van der Waals surface area contributed by atoms with E-state index in [4.69, 9.17) is 9.47 Å². The topological polar surface area (TPSA) is 38.7 Å². The van der Waals surface area contributed by atoms with E-state index in [9.17, 15) is 5.11 Å². The molecule has 0 aromatic rings. The van der Waals surface area contributed by atoms with Crippen molar-refractivity contribution in [1.29, 1.82) is 0 Å². The molecule has 0 radical (unpaired) electrons. The molecule has 170 valence electrons. The van der Waals surface area contributed by atoms with Gasteiger partial charge in [0.05, 0.1) is 18.8 Å². The monoisotopic (exact) mass is 416 g/mol. The first-order valence-electron chi connectivity index (χ1n) is 13.2. The molecule has 0 aromatic carbocycles. The lowest BCUT2D eigenvalue weighted by Crippen LogP contribution is -2.54. The number of fused-ring (bicyclic) bond motifs is 7. The predicted molar refractivity (Wildman–Crippen MR) is 118 cm³/mol. The highest BCUT2D eigenvalue weighted by Crippen LogP contribution is 2.70. The van der Waals surface area contributed by atoms with Crippen LogP contribution < -0.4 is 0 Å². The van der Waals surface area contributed by atoms with Crippen LogP contribution in [0, 0.1) is 52.3 Å². The van der Waals surface area contributed by atoms with Gasteiger partial charge in [0.1, 0.15) is 0 Å². The van der Waals surface area contributed by atoms with Crippen molar-refractivity contribution in [1.82, 2.24) is 0 Å². The van der Waals surface area contributed by atoms with Gasteiger partial charge in [-0.3, -0.25) is 0 Å². The van der Waals surface area contributed by atoms with Crippen LogP contribution in [0.1, 0.15) is 91.9 Å². The van der Waals surface area contributed by atoms with Crippen molar-refractivity contribution < 1.29 is 14.6 Å². The van der Waals surface area contributed by atoms with Crippen LogP contribution in [0.3, 0.4) is 0 Å². The quantitative estimate of drug-likeness (QED) is 0.543. The molecule has 6 fully saturated rings. The molecule has 6 rings (SSSR count). The minimum Gasteiger partial charge on any atom is -0.393 e. The fraction of sp³-hybridized carbons (Fsp3) is 1.00. The lowest BCUT2D eigenvalue weighted by molar-refractivity contribution is -0.282. The second kappa shape index (κ2) is 6.70. The van der Waals surface area contributed by atoms with Gasteiger partial charge in [-0.1, -0.05) is 27.7 Å². The van der Waals surface area contributed by atoms with E-state index in [0.717, 1.165) is 49.5 Å². The van der Waals surface area contributed by atoms with Gasteiger partial charge >= 0.3 is 0 Å². The molecule has 0 bridgehead atoms. The van der Waals surface area contributed by atoms with Gasteiger partial charge in [0.25, 0.3) is 0 Å². The van der Waals surface area contributed by atoms with E-state index in [1.807, 2.05) is 0 Å². The van der Waals surface area contributed by atoms with Gasteiger partial charge in [0.15, 0.2) is 5.79 Å². The third-order valence-electron chi connectivity index (χ3n) is 11.8. The highest BCUT2D eigenvalue weighted by Gasteiger charge is 2.67. The molecule has 6 aliphatic rings. The van der Waals surface area contributed by atoms with Crippen molar-refractivity contribution in [2.75, 3.05) is 6.61 Å². The van der Waals surface area contributed by atoms with E-state index in [1.165, 1.54) is 44.9 Å². The second-order valence-corrected chi connectivity index (χ2v) is 13.2. The van der Waals surface area contributed by atoms with Crippen molar-refractivity contribution in [3.8, 4) is 0 Å². The van der Waals surface area contributed by atoms with Gasteiger partial charge in [-0.2, -0.15) is 0 Å². The van der Waals surface area contributed by atoms with E-state index < -0.39 is 0 Å². The van der Waals surface area contributed by atoms with Crippen LogP contribution in [0.25, 0.3) is 0 Å². The fourth-order valence-corrected chi connectivity index (χ4v) is 10.1. The molecule has 0 aromatic heterocycles. The van der Waals surface area contributed by atoms with Gasteiger partial charge in [0.2, 0.25) is 0 Å². The van der Waals surface area contributed by atoms with Gasteiger partial charge in [-0.25, -0.2) is 0 Å². The Balaban J connectivity index is 1.24. The summed E-state index contributed by atoms with van der Waals surface area (Å²) in [5.41, 5.74) is 0.916.